The number of esters is 1. The zero-order chi connectivity index (χ0) is 20.2. The van der Waals surface area contributed by atoms with Gasteiger partial charge < -0.3 is 9.47 Å². The van der Waals surface area contributed by atoms with Gasteiger partial charge in [0.2, 0.25) is 0 Å². The molecule has 2 rings (SSSR count). The van der Waals surface area contributed by atoms with Crippen LogP contribution < -0.4 is 9.46 Å². The maximum absolute atomic E-state index is 12.7. The highest BCUT2D eigenvalue weighted by Gasteiger charge is 2.25. The fourth-order valence-electron chi connectivity index (χ4n) is 2.23. The molecule has 0 spiro atoms. The molecule has 0 saturated heterocycles. The summed E-state index contributed by atoms with van der Waals surface area (Å²) < 4.78 is 38.1. The number of methoxy groups -OCH3 is 1. The molecule has 27 heavy (non-hydrogen) atoms. The van der Waals surface area contributed by atoms with Crippen molar-refractivity contribution in [3.8, 4) is 5.75 Å². The number of sulfonamides is 1. The van der Waals surface area contributed by atoms with Crippen LogP contribution in [0, 0.1) is 0 Å². The number of carbonyl (C=O) groups is 2. The highest BCUT2D eigenvalue weighted by Crippen LogP contribution is 2.26. The number of anilines is 1. The Balaban J connectivity index is 2.47. The molecule has 0 aliphatic carbocycles. The average molecular weight is 391 g/mol. The van der Waals surface area contributed by atoms with Gasteiger partial charge in [0, 0.05) is 5.56 Å². The molecule has 0 radical (unpaired) electrons. The van der Waals surface area contributed by atoms with Crippen LogP contribution in [-0.4, -0.2) is 33.4 Å². The minimum Gasteiger partial charge on any atom is -0.497 e. The Bertz CT molecular complexity index is 943. The van der Waals surface area contributed by atoms with Crippen LogP contribution >= 0.6 is 0 Å². The van der Waals surface area contributed by atoms with Crippen molar-refractivity contribution < 1.29 is 27.5 Å². The third-order valence-corrected chi connectivity index (χ3v) is 4.81. The van der Waals surface area contributed by atoms with E-state index in [9.17, 15) is 18.0 Å². The molecule has 2 aromatic carbocycles. The van der Waals surface area contributed by atoms with Gasteiger partial charge in [0.15, 0.2) is 6.29 Å². The molecule has 0 amide bonds. The van der Waals surface area contributed by atoms with Gasteiger partial charge in [-0.3, -0.25) is 9.52 Å². The molecule has 7 nitrogen and oxygen atoms in total. The van der Waals surface area contributed by atoms with Crippen LogP contribution in [0.15, 0.2) is 47.4 Å². The summed E-state index contributed by atoms with van der Waals surface area (Å²) in [7, 11) is -2.58. The Morgan fingerprint density at radius 3 is 2.22 bits per heavy atom. The summed E-state index contributed by atoms with van der Waals surface area (Å²) >= 11 is 0. The third kappa shape index (κ3) is 5.07. The van der Waals surface area contributed by atoms with E-state index in [2.05, 4.69) is 4.72 Å². The maximum Gasteiger partial charge on any atom is 0.340 e. The molecule has 0 aliphatic heterocycles. The van der Waals surface area contributed by atoms with Gasteiger partial charge in [-0.2, -0.15) is 0 Å². The van der Waals surface area contributed by atoms with E-state index in [0.717, 1.165) is 0 Å². The number of carbonyl (C=O) groups excluding carboxylic acids is 2. The van der Waals surface area contributed by atoms with Crippen LogP contribution in [0.5, 0.6) is 5.75 Å². The third-order valence-electron chi connectivity index (χ3n) is 3.45. The second kappa shape index (κ2) is 7.79. The van der Waals surface area contributed by atoms with Crippen molar-refractivity contribution in [1.82, 2.24) is 0 Å². The van der Waals surface area contributed by atoms with Gasteiger partial charge >= 0.3 is 5.97 Å². The minimum atomic E-state index is -4.04. The molecule has 0 saturated carbocycles. The van der Waals surface area contributed by atoms with Crippen LogP contribution in [0.2, 0.25) is 0 Å². The highest BCUT2D eigenvalue weighted by molar-refractivity contribution is 7.92. The van der Waals surface area contributed by atoms with E-state index in [1.54, 1.807) is 20.8 Å². The Labute approximate surface area is 158 Å². The lowest BCUT2D eigenvalue weighted by Gasteiger charge is -2.21. The van der Waals surface area contributed by atoms with Gasteiger partial charge in [0.1, 0.15) is 11.4 Å². The molecular formula is C19H21NO6S. The van der Waals surface area contributed by atoms with E-state index in [1.807, 2.05) is 0 Å². The summed E-state index contributed by atoms with van der Waals surface area (Å²) in [4.78, 5) is 23.8. The Hall–Kier alpha value is -2.87. The van der Waals surface area contributed by atoms with Gasteiger partial charge in [0.05, 0.1) is 23.3 Å². The van der Waals surface area contributed by atoms with Gasteiger partial charge in [0.25, 0.3) is 10.0 Å². The minimum absolute atomic E-state index is 0.0236. The second-order valence-electron chi connectivity index (χ2n) is 6.67. The zero-order valence-electron chi connectivity index (χ0n) is 15.5. The monoisotopic (exact) mass is 391 g/mol. The predicted molar refractivity (Wildman–Crippen MR) is 101 cm³/mol. The topological polar surface area (TPSA) is 98.8 Å². The summed E-state index contributed by atoms with van der Waals surface area (Å²) in [5.41, 5.74) is -0.931. The lowest BCUT2D eigenvalue weighted by atomic mass is 10.1. The molecule has 0 aliphatic rings. The Morgan fingerprint density at radius 2 is 1.70 bits per heavy atom. The van der Waals surface area contributed by atoms with Crippen LogP contribution in [0.3, 0.4) is 0 Å². The summed E-state index contributed by atoms with van der Waals surface area (Å²) in [6.07, 6.45) is 0.472. The largest absolute Gasteiger partial charge is 0.497 e. The lowest BCUT2D eigenvalue weighted by Crippen LogP contribution is -2.25. The fraction of sp³-hybridized carbons (Fsp3) is 0.263. The number of hydrogen-bond donors (Lipinski definition) is 1. The summed E-state index contributed by atoms with van der Waals surface area (Å²) in [5, 5.41) is 0. The molecule has 1 N–H and O–H groups in total. The van der Waals surface area contributed by atoms with Gasteiger partial charge in [-0.05, 0) is 57.2 Å². The number of nitrogens with one attached hydrogen (secondary N) is 1. The average Bonchev–Trinajstić information content (AvgIpc) is 2.60. The first-order chi connectivity index (χ1) is 12.6. The van der Waals surface area contributed by atoms with Crippen molar-refractivity contribution in [2.45, 2.75) is 31.3 Å². The van der Waals surface area contributed by atoms with Crippen molar-refractivity contribution in [3.63, 3.8) is 0 Å². The Morgan fingerprint density at radius 1 is 1.07 bits per heavy atom. The molecular weight excluding hydrogens is 370 g/mol. The number of aldehydes is 1. The van der Waals surface area contributed by atoms with E-state index >= 15 is 0 Å². The van der Waals surface area contributed by atoms with E-state index in [4.69, 9.17) is 9.47 Å². The van der Waals surface area contributed by atoms with Gasteiger partial charge in [-0.1, -0.05) is 6.07 Å². The van der Waals surface area contributed by atoms with Crippen molar-refractivity contribution in [2.24, 2.45) is 0 Å². The predicted octanol–water partition coefficient (Wildman–Crippen LogP) is 3.26. The zero-order valence-corrected chi connectivity index (χ0v) is 16.3. The van der Waals surface area contributed by atoms with Crippen LogP contribution in [-0.2, 0) is 14.8 Å². The first kappa shape index (κ1) is 20.4. The number of ether oxygens (including phenoxy) is 2. The molecule has 0 unspecified atom stereocenters. The van der Waals surface area contributed by atoms with Crippen LogP contribution in [0.25, 0.3) is 0 Å². The van der Waals surface area contributed by atoms with E-state index in [-0.39, 0.29) is 21.7 Å². The molecule has 0 fully saturated rings. The molecule has 0 aromatic heterocycles. The van der Waals surface area contributed by atoms with Crippen molar-refractivity contribution in [1.29, 1.82) is 0 Å². The number of benzene rings is 2. The highest BCUT2D eigenvalue weighted by atomic mass is 32.2. The van der Waals surface area contributed by atoms with Crippen molar-refractivity contribution in [3.05, 3.63) is 53.6 Å². The molecule has 2 aromatic rings. The van der Waals surface area contributed by atoms with Gasteiger partial charge in [-0.25, -0.2) is 13.2 Å². The van der Waals surface area contributed by atoms with E-state index in [1.165, 1.54) is 49.6 Å². The standard InChI is InChI=1S/C19H21NO6S/c1-19(2,3)26-18(22)16-7-5-6-13(12-21)17(16)20-27(23,24)15-10-8-14(25-4)9-11-15/h5-12,20H,1-4H3. The first-order valence-corrected chi connectivity index (χ1v) is 9.54. The van der Waals surface area contributed by atoms with Crippen LogP contribution in [0.1, 0.15) is 41.5 Å². The maximum atomic E-state index is 12.7. The lowest BCUT2D eigenvalue weighted by molar-refractivity contribution is 0.00707. The summed E-state index contributed by atoms with van der Waals surface area (Å²) in [6.45, 7) is 5.07. The SMILES string of the molecule is COc1ccc(S(=O)(=O)Nc2c(C=O)cccc2C(=O)OC(C)(C)C)cc1. The molecule has 0 atom stereocenters. The van der Waals surface area contributed by atoms with Gasteiger partial charge in [-0.15, -0.1) is 0 Å². The molecule has 0 bridgehead atoms. The molecule has 0 heterocycles. The Kier molecular flexibility index (Phi) is 5.90. The number of rotatable bonds is 6. The quantitative estimate of drug-likeness (QED) is 0.599. The summed E-state index contributed by atoms with van der Waals surface area (Å²) in [6, 6.07) is 9.99. The van der Waals surface area contributed by atoms with Crippen molar-refractivity contribution >= 4 is 28.0 Å². The van der Waals surface area contributed by atoms with E-state index < -0.39 is 21.6 Å². The number of hydrogen-bond acceptors (Lipinski definition) is 6. The molecule has 144 valence electrons. The normalized spacial score (nSPS) is 11.6. The first-order valence-electron chi connectivity index (χ1n) is 8.06. The van der Waals surface area contributed by atoms with E-state index in [0.29, 0.717) is 12.0 Å². The molecule has 8 heteroatoms. The van der Waals surface area contributed by atoms with Crippen LogP contribution in [0.4, 0.5) is 5.69 Å². The fourth-order valence-corrected chi connectivity index (χ4v) is 3.34. The number of para-hydroxylation sites is 1. The second-order valence-corrected chi connectivity index (χ2v) is 8.35. The van der Waals surface area contributed by atoms with Crippen molar-refractivity contribution in [2.75, 3.05) is 11.8 Å². The summed E-state index contributed by atoms with van der Waals surface area (Å²) in [5.74, 6) is -0.240. The smallest absolute Gasteiger partial charge is 0.340 e.